The van der Waals surface area contributed by atoms with E-state index in [4.69, 9.17) is 4.74 Å². The number of amides is 1. The monoisotopic (exact) mass is 916 g/mol. The molecule has 0 saturated heterocycles. The van der Waals surface area contributed by atoms with Gasteiger partial charge in [-0.1, -0.05) is 270 Å². The summed E-state index contributed by atoms with van der Waals surface area (Å²) >= 11 is 0. The third kappa shape index (κ3) is 48.6. The lowest BCUT2D eigenvalue weighted by Crippen LogP contribution is -2.46. The summed E-state index contributed by atoms with van der Waals surface area (Å²) in [6.07, 6.45) is 62.4. The molecule has 65 heavy (non-hydrogen) atoms. The van der Waals surface area contributed by atoms with E-state index in [9.17, 15) is 19.8 Å². The Bertz CT molecular complexity index is 1030. The maximum Gasteiger partial charge on any atom is 0.306 e. The van der Waals surface area contributed by atoms with Crippen molar-refractivity contribution in [2.75, 3.05) is 6.61 Å². The summed E-state index contributed by atoms with van der Waals surface area (Å²) in [7, 11) is 0. The number of aliphatic hydroxyl groups is 2. The van der Waals surface area contributed by atoms with Gasteiger partial charge < -0.3 is 20.3 Å². The standard InChI is InChI=1S/C59H113NO5/c1-4-7-10-13-16-19-22-25-28-29-31-34-37-40-43-46-49-52-59(64)65-55(50-47-44-41-38-35-32-30-26-23-20-17-14-11-8-5-2)53-58(63)60-56(54-61)57(62)51-48-45-42-39-36-33-27-24-21-18-15-12-9-6-3/h16,19,25,28,55-57,61-62H,4-15,17-18,20-24,26-27,29-54H2,1-3H3,(H,60,63)/b19-16-,28-25-. The zero-order valence-corrected chi connectivity index (χ0v) is 43.9. The van der Waals surface area contributed by atoms with Gasteiger partial charge in [0.15, 0.2) is 0 Å². The fourth-order valence-corrected chi connectivity index (χ4v) is 9.11. The number of allylic oxidation sites excluding steroid dienone is 4. The second kappa shape index (κ2) is 53.3. The van der Waals surface area contributed by atoms with Gasteiger partial charge in [-0.2, -0.15) is 0 Å². The fourth-order valence-electron chi connectivity index (χ4n) is 9.11. The van der Waals surface area contributed by atoms with E-state index in [1.807, 2.05) is 0 Å². The van der Waals surface area contributed by atoms with Gasteiger partial charge in [-0.05, 0) is 57.8 Å². The lowest BCUT2D eigenvalue weighted by molar-refractivity contribution is -0.151. The first-order valence-electron chi connectivity index (χ1n) is 29.1. The van der Waals surface area contributed by atoms with Crippen LogP contribution in [-0.4, -0.2) is 46.9 Å². The van der Waals surface area contributed by atoms with Crippen molar-refractivity contribution in [3.8, 4) is 0 Å². The van der Waals surface area contributed by atoms with Crippen molar-refractivity contribution >= 4 is 11.9 Å². The van der Waals surface area contributed by atoms with Crippen LogP contribution in [0, 0.1) is 0 Å². The third-order valence-corrected chi connectivity index (χ3v) is 13.5. The maximum absolute atomic E-state index is 13.3. The molecule has 3 unspecified atom stereocenters. The largest absolute Gasteiger partial charge is 0.462 e. The van der Waals surface area contributed by atoms with Crippen LogP contribution in [-0.2, 0) is 14.3 Å². The Hall–Kier alpha value is -1.66. The predicted molar refractivity (Wildman–Crippen MR) is 283 cm³/mol. The Kier molecular flexibility index (Phi) is 51.9. The van der Waals surface area contributed by atoms with Gasteiger partial charge in [0.1, 0.15) is 6.10 Å². The summed E-state index contributed by atoms with van der Waals surface area (Å²) in [5, 5.41) is 23.9. The van der Waals surface area contributed by atoms with Crippen LogP contribution in [0.1, 0.15) is 316 Å². The highest BCUT2D eigenvalue weighted by atomic mass is 16.5. The molecule has 0 aliphatic carbocycles. The average molecular weight is 917 g/mol. The molecule has 0 aromatic heterocycles. The number of aliphatic hydroxyl groups excluding tert-OH is 2. The first-order chi connectivity index (χ1) is 32.0. The van der Waals surface area contributed by atoms with Crippen LogP contribution in [0.2, 0.25) is 0 Å². The summed E-state index contributed by atoms with van der Waals surface area (Å²) < 4.78 is 5.97. The molecule has 0 spiro atoms. The zero-order valence-electron chi connectivity index (χ0n) is 43.9. The second-order valence-corrected chi connectivity index (χ2v) is 20.1. The lowest BCUT2D eigenvalue weighted by atomic mass is 10.0. The molecule has 0 aromatic rings. The highest BCUT2D eigenvalue weighted by Crippen LogP contribution is 2.19. The molecule has 0 fully saturated rings. The van der Waals surface area contributed by atoms with Gasteiger partial charge in [-0.3, -0.25) is 9.59 Å². The van der Waals surface area contributed by atoms with E-state index in [1.54, 1.807) is 0 Å². The van der Waals surface area contributed by atoms with Crippen molar-refractivity contribution in [3.63, 3.8) is 0 Å². The number of hydrogen-bond acceptors (Lipinski definition) is 5. The van der Waals surface area contributed by atoms with Crippen LogP contribution < -0.4 is 5.32 Å². The average Bonchev–Trinajstić information content (AvgIpc) is 3.30. The summed E-state index contributed by atoms with van der Waals surface area (Å²) in [5.74, 6) is -0.462. The van der Waals surface area contributed by atoms with Crippen LogP contribution in [0.4, 0.5) is 0 Å². The van der Waals surface area contributed by atoms with E-state index in [-0.39, 0.29) is 24.9 Å². The van der Waals surface area contributed by atoms with E-state index in [2.05, 4.69) is 50.4 Å². The van der Waals surface area contributed by atoms with Crippen molar-refractivity contribution in [2.24, 2.45) is 0 Å². The summed E-state index contributed by atoms with van der Waals surface area (Å²) in [5.41, 5.74) is 0. The fraction of sp³-hybridized carbons (Fsp3) is 0.898. The van der Waals surface area contributed by atoms with Crippen LogP contribution in [0.5, 0.6) is 0 Å². The van der Waals surface area contributed by atoms with E-state index < -0.39 is 18.2 Å². The van der Waals surface area contributed by atoms with E-state index in [1.165, 1.54) is 212 Å². The molecule has 1 amide bonds. The highest BCUT2D eigenvalue weighted by molar-refractivity contribution is 5.77. The van der Waals surface area contributed by atoms with Crippen molar-refractivity contribution in [1.29, 1.82) is 0 Å². The molecular weight excluding hydrogens is 803 g/mol. The Morgan fingerprint density at radius 2 is 0.785 bits per heavy atom. The number of ether oxygens (including phenoxy) is 1. The zero-order chi connectivity index (χ0) is 47.4. The molecule has 0 aliphatic heterocycles. The topological polar surface area (TPSA) is 95.9 Å². The molecule has 6 heteroatoms. The van der Waals surface area contributed by atoms with Gasteiger partial charge in [0.2, 0.25) is 5.91 Å². The normalized spacial score (nSPS) is 13.2. The second-order valence-electron chi connectivity index (χ2n) is 20.1. The molecule has 6 nitrogen and oxygen atoms in total. The quantitative estimate of drug-likeness (QED) is 0.0321. The van der Waals surface area contributed by atoms with Crippen molar-refractivity contribution < 1.29 is 24.5 Å². The summed E-state index contributed by atoms with van der Waals surface area (Å²) in [4.78, 5) is 26.3. The first-order valence-corrected chi connectivity index (χ1v) is 29.1. The number of rotatable bonds is 53. The van der Waals surface area contributed by atoms with Gasteiger partial charge in [-0.15, -0.1) is 0 Å². The molecule has 0 radical (unpaired) electrons. The predicted octanol–water partition coefficient (Wildman–Crippen LogP) is 17.9. The molecule has 0 bridgehead atoms. The van der Waals surface area contributed by atoms with Gasteiger partial charge in [0.25, 0.3) is 0 Å². The van der Waals surface area contributed by atoms with Gasteiger partial charge in [0.05, 0.1) is 25.2 Å². The molecule has 0 heterocycles. The molecule has 0 saturated carbocycles. The molecule has 0 aliphatic rings. The minimum absolute atomic E-state index is 0.0807. The number of esters is 1. The Balaban J connectivity index is 4.53. The smallest absolute Gasteiger partial charge is 0.306 e. The minimum Gasteiger partial charge on any atom is -0.462 e. The molecular formula is C59H113NO5. The first kappa shape index (κ1) is 63.3. The van der Waals surface area contributed by atoms with Crippen molar-refractivity contribution in [1.82, 2.24) is 5.32 Å². The summed E-state index contributed by atoms with van der Waals surface area (Å²) in [6.45, 7) is 6.50. The molecule has 0 rings (SSSR count). The minimum atomic E-state index is -0.785. The number of carbonyl (C=O) groups excluding carboxylic acids is 2. The van der Waals surface area contributed by atoms with Crippen LogP contribution in [0.3, 0.4) is 0 Å². The van der Waals surface area contributed by atoms with Crippen LogP contribution in [0.25, 0.3) is 0 Å². The Morgan fingerprint density at radius 3 is 1.20 bits per heavy atom. The lowest BCUT2D eigenvalue weighted by Gasteiger charge is -2.24. The van der Waals surface area contributed by atoms with Crippen LogP contribution in [0.15, 0.2) is 24.3 Å². The van der Waals surface area contributed by atoms with E-state index in [0.29, 0.717) is 19.3 Å². The van der Waals surface area contributed by atoms with Gasteiger partial charge in [0, 0.05) is 6.42 Å². The van der Waals surface area contributed by atoms with E-state index >= 15 is 0 Å². The molecule has 0 aromatic carbocycles. The SMILES string of the molecule is CCCCC/C=C\C/C=C\CCCCCCCCCC(=O)OC(CCCCCCCCCCCCCCCCC)CC(=O)NC(CO)C(O)CCCCCCCCCCCCCCCC. The van der Waals surface area contributed by atoms with Crippen LogP contribution >= 0.6 is 0 Å². The third-order valence-electron chi connectivity index (χ3n) is 13.5. The number of carbonyl (C=O) groups is 2. The highest BCUT2D eigenvalue weighted by Gasteiger charge is 2.24. The molecule has 384 valence electrons. The van der Waals surface area contributed by atoms with Gasteiger partial charge >= 0.3 is 5.97 Å². The van der Waals surface area contributed by atoms with Gasteiger partial charge in [-0.25, -0.2) is 0 Å². The number of hydrogen-bond donors (Lipinski definition) is 3. The number of nitrogens with one attached hydrogen (secondary N) is 1. The number of unbranched alkanes of at least 4 members (excludes halogenated alkanes) is 37. The van der Waals surface area contributed by atoms with Crippen molar-refractivity contribution in [3.05, 3.63) is 24.3 Å². The Labute approximate surface area is 405 Å². The maximum atomic E-state index is 13.3. The van der Waals surface area contributed by atoms with E-state index in [0.717, 1.165) is 57.8 Å². The Morgan fingerprint density at radius 1 is 0.446 bits per heavy atom. The molecule has 3 N–H and O–H groups in total. The summed E-state index contributed by atoms with van der Waals surface area (Å²) in [6, 6.07) is -0.699. The van der Waals surface area contributed by atoms with Crippen molar-refractivity contribution in [2.45, 2.75) is 334 Å². The molecule has 3 atom stereocenters.